The molecule has 1 fully saturated rings. The van der Waals surface area contributed by atoms with E-state index < -0.39 is 0 Å². The summed E-state index contributed by atoms with van der Waals surface area (Å²) in [5, 5.41) is 5.07. The first-order chi connectivity index (χ1) is 12.1. The maximum atomic E-state index is 12.6. The lowest BCUT2D eigenvalue weighted by Gasteiger charge is -2.30. The lowest BCUT2D eigenvalue weighted by Crippen LogP contribution is -2.40. The molecule has 2 aromatic heterocycles. The minimum absolute atomic E-state index is 0.00750. The summed E-state index contributed by atoms with van der Waals surface area (Å²) in [6, 6.07) is 5.77. The molecule has 0 aromatic carbocycles. The van der Waals surface area contributed by atoms with E-state index >= 15 is 0 Å². The van der Waals surface area contributed by atoms with Gasteiger partial charge in [0.2, 0.25) is 11.8 Å². The zero-order chi connectivity index (χ0) is 17.8. The van der Waals surface area contributed by atoms with Crippen molar-refractivity contribution in [3.05, 3.63) is 47.3 Å². The van der Waals surface area contributed by atoms with E-state index in [0.29, 0.717) is 25.9 Å². The Balaban J connectivity index is 1.68. The van der Waals surface area contributed by atoms with Gasteiger partial charge >= 0.3 is 0 Å². The number of aryl methyl sites for hydroxylation is 1. The van der Waals surface area contributed by atoms with E-state index in [9.17, 15) is 9.59 Å². The first kappa shape index (κ1) is 17.4. The lowest BCUT2D eigenvalue weighted by molar-refractivity contribution is -0.130. The standard InChI is InChI=1S/C19H21N3O2S/c1-3-17(23)22-9-6-14(7-10-22)19(24)21-16-5-4-8-20-18(16)15-11-13(2)25-12-15/h3-5,8,11-12,14H,1,6-7,9-10H2,2H3,(H,21,24). The van der Waals surface area contributed by atoms with Crippen LogP contribution >= 0.6 is 11.3 Å². The fourth-order valence-corrected chi connectivity index (χ4v) is 3.72. The Morgan fingerprint density at radius 1 is 1.40 bits per heavy atom. The topological polar surface area (TPSA) is 62.3 Å². The molecule has 1 N–H and O–H groups in total. The molecular formula is C19H21N3O2S. The van der Waals surface area contributed by atoms with Crippen molar-refractivity contribution in [3.8, 4) is 11.3 Å². The summed E-state index contributed by atoms with van der Waals surface area (Å²) in [4.78, 5) is 31.7. The van der Waals surface area contributed by atoms with Crippen LogP contribution in [-0.2, 0) is 9.59 Å². The molecule has 5 nitrogen and oxygen atoms in total. The van der Waals surface area contributed by atoms with Crippen LogP contribution < -0.4 is 5.32 Å². The Morgan fingerprint density at radius 2 is 2.16 bits per heavy atom. The van der Waals surface area contributed by atoms with Crippen LogP contribution in [-0.4, -0.2) is 34.8 Å². The van der Waals surface area contributed by atoms with Crippen LogP contribution in [0.25, 0.3) is 11.3 Å². The molecule has 0 saturated carbocycles. The molecule has 130 valence electrons. The number of pyridine rings is 1. The third kappa shape index (κ3) is 3.96. The largest absolute Gasteiger partial charge is 0.339 e. The molecule has 0 spiro atoms. The van der Waals surface area contributed by atoms with E-state index in [1.54, 1.807) is 22.4 Å². The minimum Gasteiger partial charge on any atom is -0.339 e. The molecule has 2 aromatic rings. The molecule has 1 aliphatic heterocycles. The van der Waals surface area contributed by atoms with E-state index in [1.165, 1.54) is 11.0 Å². The Hall–Kier alpha value is -2.47. The smallest absolute Gasteiger partial charge is 0.245 e. The normalized spacial score (nSPS) is 15.0. The van der Waals surface area contributed by atoms with Gasteiger partial charge < -0.3 is 10.2 Å². The number of hydrogen-bond donors (Lipinski definition) is 1. The Labute approximate surface area is 151 Å². The number of hydrogen-bond acceptors (Lipinski definition) is 4. The van der Waals surface area contributed by atoms with Crippen molar-refractivity contribution in [2.45, 2.75) is 19.8 Å². The molecule has 2 amide bonds. The number of carbonyl (C=O) groups excluding carboxylic acids is 2. The number of nitrogens with zero attached hydrogens (tertiary/aromatic N) is 2. The third-order valence-corrected chi connectivity index (χ3v) is 5.28. The van der Waals surface area contributed by atoms with Gasteiger partial charge in [0.25, 0.3) is 0 Å². The predicted molar refractivity (Wildman–Crippen MR) is 100 cm³/mol. The summed E-state index contributed by atoms with van der Waals surface area (Å²) in [6.45, 7) is 6.74. The monoisotopic (exact) mass is 355 g/mol. The molecule has 1 aliphatic rings. The molecule has 6 heteroatoms. The van der Waals surface area contributed by atoms with Crippen molar-refractivity contribution in [2.24, 2.45) is 5.92 Å². The summed E-state index contributed by atoms with van der Waals surface area (Å²) in [7, 11) is 0. The molecule has 0 atom stereocenters. The molecule has 25 heavy (non-hydrogen) atoms. The van der Waals surface area contributed by atoms with Crippen molar-refractivity contribution in [1.82, 2.24) is 9.88 Å². The van der Waals surface area contributed by atoms with Crippen LogP contribution in [0, 0.1) is 12.8 Å². The van der Waals surface area contributed by atoms with Crippen LogP contribution in [0.2, 0.25) is 0 Å². The number of anilines is 1. The molecule has 3 rings (SSSR count). The van der Waals surface area contributed by atoms with Crippen molar-refractivity contribution in [2.75, 3.05) is 18.4 Å². The average Bonchev–Trinajstić information content (AvgIpc) is 3.07. The van der Waals surface area contributed by atoms with Gasteiger partial charge in [0.15, 0.2) is 0 Å². The summed E-state index contributed by atoms with van der Waals surface area (Å²) in [5.41, 5.74) is 2.54. The van der Waals surface area contributed by atoms with Crippen LogP contribution in [0.1, 0.15) is 17.7 Å². The second-order valence-electron chi connectivity index (χ2n) is 6.14. The molecule has 0 radical (unpaired) electrons. The highest BCUT2D eigenvalue weighted by molar-refractivity contribution is 7.10. The fourth-order valence-electron chi connectivity index (χ4n) is 3.03. The van der Waals surface area contributed by atoms with Gasteiger partial charge in [0.1, 0.15) is 0 Å². The average molecular weight is 355 g/mol. The van der Waals surface area contributed by atoms with Crippen molar-refractivity contribution in [3.63, 3.8) is 0 Å². The van der Waals surface area contributed by atoms with E-state index in [4.69, 9.17) is 0 Å². The van der Waals surface area contributed by atoms with Gasteiger partial charge in [-0.25, -0.2) is 0 Å². The molecule has 0 unspecified atom stereocenters. The maximum absolute atomic E-state index is 12.6. The summed E-state index contributed by atoms with van der Waals surface area (Å²) < 4.78 is 0. The Bertz CT molecular complexity index is 791. The molecule has 3 heterocycles. The van der Waals surface area contributed by atoms with E-state index in [-0.39, 0.29) is 17.7 Å². The van der Waals surface area contributed by atoms with Crippen LogP contribution in [0.4, 0.5) is 5.69 Å². The quantitative estimate of drug-likeness (QED) is 0.854. The van der Waals surface area contributed by atoms with Crippen LogP contribution in [0.15, 0.2) is 42.4 Å². The summed E-state index contributed by atoms with van der Waals surface area (Å²) in [6.07, 6.45) is 4.39. The highest BCUT2D eigenvalue weighted by atomic mass is 32.1. The van der Waals surface area contributed by atoms with Crippen molar-refractivity contribution < 1.29 is 9.59 Å². The first-order valence-electron chi connectivity index (χ1n) is 8.31. The number of aromatic nitrogens is 1. The zero-order valence-corrected chi connectivity index (χ0v) is 15.0. The molecule has 1 saturated heterocycles. The van der Waals surface area contributed by atoms with Crippen LogP contribution in [0.5, 0.6) is 0 Å². The number of piperidine rings is 1. The SMILES string of the molecule is C=CC(=O)N1CCC(C(=O)Nc2cccnc2-c2csc(C)c2)CC1. The van der Waals surface area contributed by atoms with E-state index in [2.05, 4.69) is 22.9 Å². The third-order valence-electron chi connectivity index (χ3n) is 4.42. The van der Waals surface area contributed by atoms with Crippen molar-refractivity contribution in [1.29, 1.82) is 0 Å². The second kappa shape index (κ2) is 7.61. The number of carbonyl (C=O) groups is 2. The Kier molecular flexibility index (Phi) is 5.28. The van der Waals surface area contributed by atoms with E-state index in [0.717, 1.165) is 16.9 Å². The minimum atomic E-state index is -0.0915. The van der Waals surface area contributed by atoms with Crippen molar-refractivity contribution >= 4 is 28.8 Å². The lowest BCUT2D eigenvalue weighted by atomic mass is 9.95. The van der Waals surface area contributed by atoms with Gasteiger partial charge in [-0.3, -0.25) is 14.6 Å². The highest BCUT2D eigenvalue weighted by Crippen LogP contribution is 2.30. The van der Waals surface area contributed by atoms with Gasteiger partial charge in [-0.05, 0) is 44.0 Å². The number of amides is 2. The van der Waals surface area contributed by atoms with Gasteiger partial charge in [0, 0.05) is 41.0 Å². The molecule has 0 bridgehead atoms. The number of nitrogens with one attached hydrogen (secondary N) is 1. The molecular weight excluding hydrogens is 334 g/mol. The predicted octanol–water partition coefficient (Wildman–Crippen LogP) is 3.48. The number of rotatable bonds is 4. The fraction of sp³-hybridized carbons (Fsp3) is 0.316. The maximum Gasteiger partial charge on any atom is 0.245 e. The van der Waals surface area contributed by atoms with Gasteiger partial charge in [-0.1, -0.05) is 6.58 Å². The van der Waals surface area contributed by atoms with Gasteiger partial charge in [-0.2, -0.15) is 0 Å². The first-order valence-corrected chi connectivity index (χ1v) is 9.19. The van der Waals surface area contributed by atoms with Crippen LogP contribution in [0.3, 0.4) is 0 Å². The van der Waals surface area contributed by atoms with E-state index in [1.807, 2.05) is 24.4 Å². The highest BCUT2D eigenvalue weighted by Gasteiger charge is 2.27. The van der Waals surface area contributed by atoms with Gasteiger partial charge in [0.05, 0.1) is 11.4 Å². The van der Waals surface area contributed by atoms with Gasteiger partial charge in [-0.15, -0.1) is 11.3 Å². The molecule has 0 aliphatic carbocycles. The zero-order valence-electron chi connectivity index (χ0n) is 14.2. The second-order valence-corrected chi connectivity index (χ2v) is 7.25. The summed E-state index contributed by atoms with van der Waals surface area (Å²) >= 11 is 1.66. The number of likely N-dealkylation sites (tertiary alicyclic amines) is 1. The number of thiophene rings is 1. The Morgan fingerprint density at radius 3 is 2.80 bits per heavy atom. The summed E-state index contributed by atoms with van der Waals surface area (Å²) in [5.74, 6) is -0.167.